The standard InChI is InChI=1S/C18H16ClN3O5/c1-11(23)27-22-16(17-20-9-8-15(19)21-17)13-7-5-4-6-12(13)14(10-25-2)18(24)26-3/h4-10H,1-3H3. The van der Waals surface area contributed by atoms with Crippen molar-refractivity contribution in [2.75, 3.05) is 14.2 Å². The van der Waals surface area contributed by atoms with Gasteiger partial charge in [-0.2, -0.15) is 0 Å². The molecule has 27 heavy (non-hydrogen) atoms. The van der Waals surface area contributed by atoms with Gasteiger partial charge in [-0.15, -0.1) is 0 Å². The molecule has 2 rings (SSSR count). The molecule has 1 aromatic carbocycles. The summed E-state index contributed by atoms with van der Waals surface area (Å²) in [5.74, 6) is -1.14. The second-order valence-corrected chi connectivity index (χ2v) is 5.42. The molecule has 0 atom stereocenters. The molecule has 0 spiro atoms. The van der Waals surface area contributed by atoms with Crippen LogP contribution >= 0.6 is 11.6 Å². The number of hydrogen-bond acceptors (Lipinski definition) is 8. The van der Waals surface area contributed by atoms with Crippen LogP contribution in [0.1, 0.15) is 23.9 Å². The Kier molecular flexibility index (Phi) is 7.01. The summed E-state index contributed by atoms with van der Waals surface area (Å²) in [6.07, 6.45) is 2.68. The number of hydrogen-bond donors (Lipinski definition) is 0. The van der Waals surface area contributed by atoms with E-state index in [0.29, 0.717) is 11.1 Å². The van der Waals surface area contributed by atoms with E-state index >= 15 is 0 Å². The minimum absolute atomic E-state index is 0.106. The van der Waals surface area contributed by atoms with Crippen LogP contribution < -0.4 is 0 Å². The number of benzene rings is 1. The lowest BCUT2D eigenvalue weighted by Gasteiger charge is -2.12. The number of rotatable bonds is 6. The van der Waals surface area contributed by atoms with Crippen molar-refractivity contribution in [2.45, 2.75) is 6.92 Å². The van der Waals surface area contributed by atoms with E-state index in [-0.39, 0.29) is 22.3 Å². The Hall–Kier alpha value is -3.26. The third-order valence-corrected chi connectivity index (χ3v) is 3.42. The van der Waals surface area contributed by atoms with Crippen LogP contribution in [0, 0.1) is 0 Å². The summed E-state index contributed by atoms with van der Waals surface area (Å²) in [7, 11) is 2.65. The van der Waals surface area contributed by atoms with Gasteiger partial charge in [-0.1, -0.05) is 41.0 Å². The average molecular weight is 390 g/mol. The molecule has 2 aromatic rings. The second kappa shape index (κ2) is 9.44. The molecule has 140 valence electrons. The molecule has 0 saturated carbocycles. The van der Waals surface area contributed by atoms with Crippen molar-refractivity contribution >= 4 is 34.8 Å². The largest absolute Gasteiger partial charge is 0.503 e. The molecule has 0 fully saturated rings. The first-order valence-electron chi connectivity index (χ1n) is 7.63. The van der Waals surface area contributed by atoms with Gasteiger partial charge in [0.15, 0.2) is 11.5 Å². The lowest BCUT2D eigenvalue weighted by molar-refractivity contribution is -0.141. The number of carbonyl (C=O) groups is 2. The summed E-state index contributed by atoms with van der Waals surface area (Å²) < 4.78 is 9.81. The third-order valence-electron chi connectivity index (χ3n) is 3.21. The van der Waals surface area contributed by atoms with Crippen molar-refractivity contribution in [3.05, 3.63) is 64.9 Å². The number of oxime groups is 1. The summed E-state index contributed by atoms with van der Waals surface area (Å²) in [5.41, 5.74) is 1.07. The Balaban J connectivity index is 2.70. The lowest BCUT2D eigenvalue weighted by Crippen LogP contribution is -2.15. The van der Waals surface area contributed by atoms with Crippen LogP contribution in [0.4, 0.5) is 0 Å². The summed E-state index contributed by atoms with van der Waals surface area (Å²) in [6.45, 7) is 1.20. The van der Waals surface area contributed by atoms with Gasteiger partial charge in [-0.25, -0.2) is 19.6 Å². The molecule has 0 bridgehead atoms. The number of halogens is 1. The maximum atomic E-state index is 12.2. The van der Waals surface area contributed by atoms with Gasteiger partial charge in [-0.05, 0) is 6.07 Å². The molecule has 0 aliphatic carbocycles. The van der Waals surface area contributed by atoms with Gasteiger partial charge in [-0.3, -0.25) is 0 Å². The van der Waals surface area contributed by atoms with Crippen molar-refractivity contribution in [3.8, 4) is 0 Å². The number of aromatic nitrogens is 2. The number of methoxy groups -OCH3 is 2. The molecule has 1 heterocycles. The van der Waals surface area contributed by atoms with E-state index in [1.165, 1.54) is 39.7 Å². The van der Waals surface area contributed by atoms with Crippen molar-refractivity contribution in [2.24, 2.45) is 5.16 Å². The first-order valence-corrected chi connectivity index (χ1v) is 8.01. The van der Waals surface area contributed by atoms with E-state index in [1.54, 1.807) is 24.3 Å². The predicted octanol–water partition coefficient (Wildman–Crippen LogP) is 2.61. The maximum Gasteiger partial charge on any atom is 0.341 e. The molecule has 0 aliphatic heterocycles. The maximum absolute atomic E-state index is 12.2. The molecule has 0 unspecified atom stereocenters. The van der Waals surface area contributed by atoms with Crippen molar-refractivity contribution < 1.29 is 23.9 Å². The van der Waals surface area contributed by atoms with E-state index in [0.717, 1.165) is 0 Å². The van der Waals surface area contributed by atoms with E-state index in [1.807, 2.05) is 0 Å². The number of carbonyl (C=O) groups excluding carboxylic acids is 2. The molecular weight excluding hydrogens is 374 g/mol. The topological polar surface area (TPSA) is 100.0 Å². The highest BCUT2D eigenvalue weighted by molar-refractivity contribution is 6.29. The van der Waals surface area contributed by atoms with Gasteiger partial charge in [0, 0.05) is 24.2 Å². The number of nitrogens with zero attached hydrogens (tertiary/aromatic N) is 3. The highest BCUT2D eigenvalue weighted by Crippen LogP contribution is 2.23. The van der Waals surface area contributed by atoms with Crippen LogP contribution in [0.3, 0.4) is 0 Å². The fourth-order valence-corrected chi connectivity index (χ4v) is 2.28. The summed E-state index contributed by atoms with van der Waals surface area (Å²) >= 11 is 5.94. The molecule has 0 radical (unpaired) electrons. The van der Waals surface area contributed by atoms with Gasteiger partial charge in [0.2, 0.25) is 0 Å². The molecule has 0 aliphatic rings. The molecular formula is C18H16ClN3O5. The predicted molar refractivity (Wildman–Crippen MR) is 97.9 cm³/mol. The molecule has 0 N–H and O–H groups in total. The quantitative estimate of drug-likeness (QED) is 0.142. The van der Waals surface area contributed by atoms with E-state index in [9.17, 15) is 9.59 Å². The number of esters is 1. The van der Waals surface area contributed by atoms with Gasteiger partial charge in [0.05, 0.1) is 20.5 Å². The average Bonchev–Trinajstić information content (AvgIpc) is 2.66. The van der Waals surface area contributed by atoms with E-state index < -0.39 is 11.9 Å². The summed E-state index contributed by atoms with van der Waals surface area (Å²) in [4.78, 5) is 36.5. The van der Waals surface area contributed by atoms with Crippen molar-refractivity contribution in [1.82, 2.24) is 9.97 Å². The fraction of sp³-hybridized carbons (Fsp3) is 0.167. The fourth-order valence-electron chi connectivity index (χ4n) is 2.14. The van der Waals surface area contributed by atoms with Crippen LogP contribution in [0.2, 0.25) is 5.15 Å². The molecule has 0 amide bonds. The first-order chi connectivity index (χ1) is 13.0. The second-order valence-electron chi connectivity index (χ2n) is 5.03. The van der Waals surface area contributed by atoms with Crippen LogP contribution in [0.25, 0.3) is 5.57 Å². The van der Waals surface area contributed by atoms with Crippen LogP contribution in [-0.2, 0) is 23.9 Å². The Morgan fingerprint density at radius 3 is 2.44 bits per heavy atom. The van der Waals surface area contributed by atoms with Gasteiger partial charge in [0.25, 0.3) is 0 Å². The normalized spacial score (nSPS) is 11.7. The Morgan fingerprint density at radius 1 is 1.15 bits per heavy atom. The minimum atomic E-state index is -0.632. The third kappa shape index (κ3) is 5.11. The molecule has 1 aromatic heterocycles. The zero-order valence-electron chi connectivity index (χ0n) is 14.8. The summed E-state index contributed by atoms with van der Waals surface area (Å²) in [6, 6.07) is 8.24. The lowest BCUT2D eigenvalue weighted by atomic mass is 9.96. The summed E-state index contributed by atoms with van der Waals surface area (Å²) in [5, 5.41) is 4.03. The minimum Gasteiger partial charge on any atom is -0.503 e. The number of ether oxygens (including phenoxy) is 2. The zero-order valence-corrected chi connectivity index (χ0v) is 15.6. The SMILES string of the molecule is COC=C(C(=O)OC)c1ccccc1C(=NOC(C)=O)c1nccc(Cl)n1. The molecule has 0 saturated heterocycles. The van der Waals surface area contributed by atoms with Crippen LogP contribution in [0.15, 0.2) is 47.9 Å². The highest BCUT2D eigenvalue weighted by atomic mass is 35.5. The Labute approximate surface area is 160 Å². The van der Waals surface area contributed by atoms with Gasteiger partial charge in [0.1, 0.15) is 10.7 Å². The Bertz CT molecular complexity index is 911. The molecule has 8 nitrogen and oxygen atoms in total. The van der Waals surface area contributed by atoms with Crippen LogP contribution in [0.5, 0.6) is 0 Å². The van der Waals surface area contributed by atoms with E-state index in [2.05, 4.69) is 15.1 Å². The van der Waals surface area contributed by atoms with Crippen molar-refractivity contribution in [1.29, 1.82) is 0 Å². The van der Waals surface area contributed by atoms with Gasteiger partial charge < -0.3 is 14.3 Å². The van der Waals surface area contributed by atoms with E-state index in [4.69, 9.17) is 25.9 Å². The van der Waals surface area contributed by atoms with Crippen LogP contribution in [-0.4, -0.2) is 41.8 Å². The van der Waals surface area contributed by atoms with Gasteiger partial charge >= 0.3 is 11.9 Å². The monoisotopic (exact) mass is 389 g/mol. The smallest absolute Gasteiger partial charge is 0.341 e. The van der Waals surface area contributed by atoms with Crippen molar-refractivity contribution in [3.63, 3.8) is 0 Å². The highest BCUT2D eigenvalue weighted by Gasteiger charge is 2.22. The first kappa shape index (κ1) is 20.1. The molecule has 9 heteroatoms. The zero-order chi connectivity index (χ0) is 19.8. The Morgan fingerprint density at radius 2 is 1.85 bits per heavy atom.